The number of phosphoric ester groups is 2. The lowest BCUT2D eigenvalue weighted by Crippen LogP contribution is -2.30. The largest absolute Gasteiger partial charge is 0.472 e. The third-order valence-corrected chi connectivity index (χ3v) is 20.4. The van der Waals surface area contributed by atoms with E-state index in [0.29, 0.717) is 31.6 Å². The summed E-state index contributed by atoms with van der Waals surface area (Å²) >= 11 is 0. The number of aliphatic hydroxyl groups is 1. The Balaban J connectivity index is 5.20. The standard InChI is InChI=1S/C78H152O17P2/c1-8-10-11-12-13-14-15-16-17-18-19-20-21-22-23-26-30-33-38-47-54-61-77(82)94-73(65-88-75(80)59-52-45-37-32-29-27-24-25-28-31-35-42-49-56-69(3)4)67-92-96(84,85)90-63-72(79)64-91-97(86,87)93-68-74(95-78(83)62-55-48-39-34-36-43-50-57-70(5)6)66-89-76(81)60-53-46-41-40-44-51-58-71(7)9-2/h69-74,79H,8-68H2,1-7H3,(H,84,85)(H,86,87)/t71?,72-,73-,74-/m1/s1. The minimum absolute atomic E-state index is 0.103. The molecule has 576 valence electrons. The molecule has 6 atom stereocenters. The molecule has 0 aromatic rings. The van der Waals surface area contributed by atoms with Crippen LogP contribution < -0.4 is 0 Å². The van der Waals surface area contributed by atoms with Gasteiger partial charge in [0.1, 0.15) is 19.3 Å². The molecular formula is C78H152O17P2. The van der Waals surface area contributed by atoms with Gasteiger partial charge in [-0.15, -0.1) is 0 Å². The highest BCUT2D eigenvalue weighted by Crippen LogP contribution is 2.45. The van der Waals surface area contributed by atoms with Crippen molar-refractivity contribution >= 4 is 39.5 Å². The van der Waals surface area contributed by atoms with E-state index < -0.39 is 97.5 Å². The molecule has 19 heteroatoms. The summed E-state index contributed by atoms with van der Waals surface area (Å²) in [4.78, 5) is 72.8. The number of carbonyl (C=O) groups is 4. The van der Waals surface area contributed by atoms with Crippen LogP contribution >= 0.6 is 15.6 Å². The number of ether oxygens (including phenoxy) is 4. The highest BCUT2D eigenvalue weighted by molar-refractivity contribution is 7.47. The molecule has 0 spiro atoms. The quantitative estimate of drug-likeness (QED) is 0.0222. The van der Waals surface area contributed by atoms with Gasteiger partial charge in [0.2, 0.25) is 0 Å². The molecule has 0 saturated heterocycles. The lowest BCUT2D eigenvalue weighted by Gasteiger charge is -2.21. The Morgan fingerprint density at radius 2 is 0.526 bits per heavy atom. The number of phosphoric acid groups is 2. The molecule has 0 radical (unpaired) electrons. The van der Waals surface area contributed by atoms with Crippen LogP contribution in [0.4, 0.5) is 0 Å². The number of hydrogen-bond acceptors (Lipinski definition) is 15. The summed E-state index contributed by atoms with van der Waals surface area (Å²) in [6.07, 6.45) is 55.8. The zero-order valence-corrected chi connectivity index (χ0v) is 65.3. The van der Waals surface area contributed by atoms with E-state index in [1.165, 1.54) is 205 Å². The van der Waals surface area contributed by atoms with E-state index >= 15 is 0 Å². The van der Waals surface area contributed by atoms with Crippen LogP contribution in [0.3, 0.4) is 0 Å². The lowest BCUT2D eigenvalue weighted by molar-refractivity contribution is -0.161. The molecular weight excluding hydrogens is 1270 g/mol. The fourth-order valence-electron chi connectivity index (χ4n) is 11.9. The maximum absolute atomic E-state index is 13.1. The van der Waals surface area contributed by atoms with E-state index in [1.54, 1.807) is 0 Å². The molecule has 0 bridgehead atoms. The fraction of sp³-hybridized carbons (Fsp3) is 0.949. The lowest BCUT2D eigenvalue weighted by atomic mass is 10.00. The molecule has 0 aliphatic carbocycles. The van der Waals surface area contributed by atoms with Crippen LogP contribution in [0.1, 0.15) is 402 Å². The van der Waals surface area contributed by atoms with Gasteiger partial charge in [-0.3, -0.25) is 37.3 Å². The maximum atomic E-state index is 13.1. The van der Waals surface area contributed by atoms with Crippen molar-refractivity contribution in [1.29, 1.82) is 0 Å². The first-order valence-electron chi connectivity index (χ1n) is 40.4. The van der Waals surface area contributed by atoms with Crippen LogP contribution in [-0.4, -0.2) is 96.7 Å². The third kappa shape index (κ3) is 70.9. The molecule has 0 rings (SSSR count). The van der Waals surface area contributed by atoms with Crippen molar-refractivity contribution in [2.75, 3.05) is 39.6 Å². The van der Waals surface area contributed by atoms with Gasteiger partial charge in [-0.05, 0) is 43.4 Å². The van der Waals surface area contributed by atoms with E-state index in [1.807, 2.05) is 0 Å². The Kier molecular flexibility index (Phi) is 67.1. The number of carbonyl (C=O) groups excluding carboxylic acids is 4. The number of aliphatic hydroxyl groups excluding tert-OH is 1. The Morgan fingerprint density at radius 1 is 0.299 bits per heavy atom. The van der Waals surface area contributed by atoms with E-state index in [9.17, 15) is 43.2 Å². The molecule has 17 nitrogen and oxygen atoms in total. The monoisotopic (exact) mass is 1420 g/mol. The molecule has 0 fully saturated rings. The zero-order chi connectivity index (χ0) is 71.6. The summed E-state index contributed by atoms with van der Waals surface area (Å²) < 4.78 is 68.5. The van der Waals surface area contributed by atoms with Gasteiger partial charge in [0.05, 0.1) is 26.4 Å². The van der Waals surface area contributed by atoms with Crippen LogP contribution in [0.15, 0.2) is 0 Å². The summed E-state index contributed by atoms with van der Waals surface area (Å²) in [6, 6.07) is 0. The minimum Gasteiger partial charge on any atom is -0.462 e. The first-order valence-corrected chi connectivity index (χ1v) is 43.4. The summed E-state index contributed by atoms with van der Waals surface area (Å²) in [6.45, 7) is 11.8. The normalized spacial score (nSPS) is 14.3. The van der Waals surface area contributed by atoms with Crippen molar-refractivity contribution in [3.05, 3.63) is 0 Å². The molecule has 0 aromatic heterocycles. The Bertz CT molecular complexity index is 1890. The van der Waals surface area contributed by atoms with E-state index in [-0.39, 0.29) is 25.7 Å². The van der Waals surface area contributed by atoms with Crippen molar-refractivity contribution in [3.63, 3.8) is 0 Å². The number of esters is 4. The maximum Gasteiger partial charge on any atom is 0.472 e. The van der Waals surface area contributed by atoms with Crippen molar-refractivity contribution in [2.45, 2.75) is 420 Å². The van der Waals surface area contributed by atoms with Gasteiger partial charge in [0.15, 0.2) is 12.2 Å². The summed E-state index contributed by atoms with van der Waals surface area (Å²) in [5, 5.41) is 10.6. The SMILES string of the molecule is CCCCCCCCCCCCCCCCCCCCCCCC(=O)O[C@H](COC(=O)CCCCCCCCCCCCCCCC(C)C)COP(=O)(O)OC[C@@H](O)COP(=O)(O)OC[C@@H](COC(=O)CCCCCCCCC(C)CC)OC(=O)CCCCCCCCCC(C)C. The number of unbranched alkanes of at least 4 members (excludes halogenated alkanes) is 43. The molecule has 0 saturated carbocycles. The molecule has 0 amide bonds. The van der Waals surface area contributed by atoms with Gasteiger partial charge >= 0.3 is 39.5 Å². The van der Waals surface area contributed by atoms with Gasteiger partial charge in [0.25, 0.3) is 0 Å². The zero-order valence-electron chi connectivity index (χ0n) is 63.5. The van der Waals surface area contributed by atoms with Crippen LogP contribution in [0, 0.1) is 17.8 Å². The first-order chi connectivity index (χ1) is 46.8. The molecule has 0 aliphatic heterocycles. The fourth-order valence-corrected chi connectivity index (χ4v) is 13.5. The van der Waals surface area contributed by atoms with Crippen molar-refractivity contribution in [3.8, 4) is 0 Å². The van der Waals surface area contributed by atoms with E-state index in [0.717, 1.165) is 108 Å². The second-order valence-electron chi connectivity index (χ2n) is 29.3. The predicted octanol–water partition coefficient (Wildman–Crippen LogP) is 23.0. The summed E-state index contributed by atoms with van der Waals surface area (Å²) in [7, 11) is -9.91. The van der Waals surface area contributed by atoms with Crippen LogP contribution in [0.25, 0.3) is 0 Å². The third-order valence-electron chi connectivity index (χ3n) is 18.5. The second kappa shape index (κ2) is 68.5. The first kappa shape index (κ1) is 95.1. The average Bonchev–Trinajstić information content (AvgIpc) is 3.73. The van der Waals surface area contributed by atoms with Gasteiger partial charge in [-0.1, -0.05) is 350 Å². The second-order valence-corrected chi connectivity index (χ2v) is 32.2. The van der Waals surface area contributed by atoms with Crippen molar-refractivity contribution in [2.24, 2.45) is 17.8 Å². The highest BCUT2D eigenvalue weighted by Gasteiger charge is 2.30. The van der Waals surface area contributed by atoms with Gasteiger partial charge in [-0.2, -0.15) is 0 Å². The molecule has 0 aliphatic rings. The molecule has 0 heterocycles. The van der Waals surface area contributed by atoms with Crippen molar-refractivity contribution in [1.82, 2.24) is 0 Å². The Morgan fingerprint density at radius 3 is 0.784 bits per heavy atom. The van der Waals surface area contributed by atoms with E-state index in [4.69, 9.17) is 37.0 Å². The molecule has 3 unspecified atom stereocenters. The van der Waals surface area contributed by atoms with Gasteiger partial charge < -0.3 is 33.8 Å². The van der Waals surface area contributed by atoms with E-state index in [2.05, 4.69) is 48.5 Å². The van der Waals surface area contributed by atoms with Crippen LogP contribution in [-0.2, 0) is 65.4 Å². The summed E-state index contributed by atoms with van der Waals surface area (Å²) in [5.41, 5.74) is 0. The van der Waals surface area contributed by atoms with Gasteiger partial charge in [0, 0.05) is 25.7 Å². The minimum atomic E-state index is -4.96. The molecule has 0 aromatic carbocycles. The number of hydrogen-bond donors (Lipinski definition) is 3. The van der Waals surface area contributed by atoms with Crippen molar-refractivity contribution < 1.29 is 80.2 Å². The smallest absolute Gasteiger partial charge is 0.462 e. The molecule has 3 N–H and O–H groups in total. The highest BCUT2D eigenvalue weighted by atomic mass is 31.2. The Hall–Kier alpha value is -1.94. The predicted molar refractivity (Wildman–Crippen MR) is 395 cm³/mol. The molecule has 97 heavy (non-hydrogen) atoms. The Labute approximate surface area is 594 Å². The average molecular weight is 1420 g/mol. The summed E-state index contributed by atoms with van der Waals surface area (Å²) in [5.74, 6) is 0.0972. The van der Waals surface area contributed by atoms with Crippen LogP contribution in [0.2, 0.25) is 0 Å². The van der Waals surface area contributed by atoms with Crippen LogP contribution in [0.5, 0.6) is 0 Å². The van der Waals surface area contributed by atoms with Gasteiger partial charge in [-0.25, -0.2) is 9.13 Å². The topological polar surface area (TPSA) is 237 Å². The number of rotatable bonds is 76.